The van der Waals surface area contributed by atoms with Crippen molar-refractivity contribution in [3.05, 3.63) is 35.9 Å². The van der Waals surface area contributed by atoms with Gasteiger partial charge in [0.15, 0.2) is 0 Å². The molecule has 1 amide bonds. The quantitative estimate of drug-likeness (QED) is 0.853. The smallest absolute Gasteiger partial charge is 0.220 e. The minimum atomic E-state index is 0.167. The lowest BCUT2D eigenvalue weighted by Crippen LogP contribution is -2.45. The third kappa shape index (κ3) is 3.84. The van der Waals surface area contributed by atoms with Crippen LogP contribution in [0.1, 0.15) is 37.7 Å². The van der Waals surface area contributed by atoms with E-state index in [1.54, 1.807) is 0 Å². The first kappa shape index (κ1) is 13.1. The van der Waals surface area contributed by atoms with Gasteiger partial charge in [0.05, 0.1) is 0 Å². The van der Waals surface area contributed by atoms with Gasteiger partial charge in [-0.2, -0.15) is 0 Å². The Bertz CT molecular complexity index is 371. The van der Waals surface area contributed by atoms with E-state index in [9.17, 15) is 4.79 Å². The van der Waals surface area contributed by atoms with Crippen molar-refractivity contribution in [1.29, 1.82) is 0 Å². The summed E-state index contributed by atoms with van der Waals surface area (Å²) in [5, 5.41) is 6.43. The Balaban J connectivity index is 1.80. The lowest BCUT2D eigenvalue weighted by Gasteiger charge is -2.24. The first-order valence-corrected chi connectivity index (χ1v) is 6.80. The van der Waals surface area contributed by atoms with Gasteiger partial charge in [-0.3, -0.25) is 4.79 Å². The Morgan fingerprint density at radius 3 is 2.89 bits per heavy atom. The van der Waals surface area contributed by atoms with E-state index in [0.717, 1.165) is 25.9 Å². The van der Waals surface area contributed by atoms with Crippen molar-refractivity contribution in [1.82, 2.24) is 10.6 Å². The molecule has 0 bridgehead atoms. The van der Waals surface area contributed by atoms with Crippen molar-refractivity contribution in [2.45, 2.75) is 38.1 Å². The van der Waals surface area contributed by atoms with E-state index in [4.69, 9.17) is 0 Å². The van der Waals surface area contributed by atoms with Crippen LogP contribution in [0, 0.1) is 0 Å². The second-order valence-electron chi connectivity index (χ2n) is 5.13. The maximum absolute atomic E-state index is 12.0. The lowest BCUT2D eigenvalue weighted by molar-refractivity contribution is -0.122. The van der Waals surface area contributed by atoms with Crippen LogP contribution in [0.4, 0.5) is 0 Å². The average molecular weight is 246 g/mol. The summed E-state index contributed by atoms with van der Waals surface area (Å²) in [7, 11) is 0. The van der Waals surface area contributed by atoms with Crippen molar-refractivity contribution in [3.8, 4) is 0 Å². The fourth-order valence-electron chi connectivity index (χ4n) is 2.44. The Hall–Kier alpha value is -1.35. The fourth-order valence-corrected chi connectivity index (χ4v) is 2.44. The van der Waals surface area contributed by atoms with Crippen molar-refractivity contribution >= 4 is 5.91 Å². The van der Waals surface area contributed by atoms with Crippen LogP contribution in [0.5, 0.6) is 0 Å². The van der Waals surface area contributed by atoms with E-state index in [1.807, 2.05) is 18.2 Å². The Kier molecular flexibility index (Phi) is 4.76. The minimum Gasteiger partial charge on any atom is -0.352 e. The zero-order valence-corrected chi connectivity index (χ0v) is 11.0. The molecule has 0 spiro atoms. The summed E-state index contributed by atoms with van der Waals surface area (Å²) in [6.45, 7) is 4.09. The standard InChI is InChI=1S/C15H22N2O/c1-12(13-6-3-2-4-7-13)10-15(18)17-14-8-5-9-16-11-14/h2-4,6-7,12,14,16H,5,8-11H2,1H3,(H,17,18)/t12?,14-/m0/s1. The molecular formula is C15H22N2O. The summed E-state index contributed by atoms with van der Waals surface area (Å²) < 4.78 is 0. The number of piperidine rings is 1. The highest BCUT2D eigenvalue weighted by Gasteiger charge is 2.17. The average Bonchev–Trinajstić information content (AvgIpc) is 2.40. The zero-order chi connectivity index (χ0) is 12.8. The van der Waals surface area contributed by atoms with Crippen molar-refractivity contribution in [3.63, 3.8) is 0 Å². The first-order valence-electron chi connectivity index (χ1n) is 6.80. The predicted molar refractivity (Wildman–Crippen MR) is 73.5 cm³/mol. The molecule has 0 saturated carbocycles. The van der Waals surface area contributed by atoms with E-state index < -0.39 is 0 Å². The minimum absolute atomic E-state index is 0.167. The highest BCUT2D eigenvalue weighted by molar-refractivity contribution is 5.77. The van der Waals surface area contributed by atoms with Crippen LogP contribution in [0.25, 0.3) is 0 Å². The molecular weight excluding hydrogens is 224 g/mol. The van der Waals surface area contributed by atoms with Crippen LogP contribution in [-0.4, -0.2) is 25.0 Å². The van der Waals surface area contributed by atoms with Gasteiger partial charge in [-0.05, 0) is 30.9 Å². The van der Waals surface area contributed by atoms with E-state index >= 15 is 0 Å². The predicted octanol–water partition coefficient (Wildman–Crippen LogP) is 2.05. The van der Waals surface area contributed by atoms with Gasteiger partial charge in [-0.25, -0.2) is 0 Å². The third-order valence-corrected chi connectivity index (χ3v) is 3.52. The highest BCUT2D eigenvalue weighted by Crippen LogP contribution is 2.18. The molecule has 0 aliphatic carbocycles. The molecule has 1 heterocycles. The molecule has 1 aromatic rings. The van der Waals surface area contributed by atoms with Crippen LogP contribution in [0.3, 0.4) is 0 Å². The summed E-state index contributed by atoms with van der Waals surface area (Å²) >= 11 is 0. The van der Waals surface area contributed by atoms with Gasteiger partial charge in [0.2, 0.25) is 5.91 Å². The van der Waals surface area contributed by atoms with Gasteiger partial charge in [-0.15, -0.1) is 0 Å². The summed E-state index contributed by atoms with van der Waals surface area (Å²) in [6, 6.07) is 10.5. The van der Waals surface area contributed by atoms with Gasteiger partial charge in [-0.1, -0.05) is 37.3 Å². The molecule has 2 atom stereocenters. The molecule has 1 fully saturated rings. The molecule has 1 aliphatic rings. The largest absolute Gasteiger partial charge is 0.352 e. The third-order valence-electron chi connectivity index (χ3n) is 3.52. The number of carbonyl (C=O) groups excluding carboxylic acids is 1. The zero-order valence-electron chi connectivity index (χ0n) is 11.0. The molecule has 3 nitrogen and oxygen atoms in total. The van der Waals surface area contributed by atoms with E-state index in [1.165, 1.54) is 5.56 Å². The summed E-state index contributed by atoms with van der Waals surface area (Å²) in [5.41, 5.74) is 1.23. The molecule has 18 heavy (non-hydrogen) atoms. The number of benzene rings is 1. The molecule has 1 aliphatic heterocycles. The number of nitrogens with one attached hydrogen (secondary N) is 2. The van der Waals surface area contributed by atoms with Crippen LogP contribution >= 0.6 is 0 Å². The maximum atomic E-state index is 12.0. The van der Waals surface area contributed by atoms with Gasteiger partial charge in [0.25, 0.3) is 0 Å². The Labute approximate surface area is 109 Å². The SMILES string of the molecule is CC(CC(=O)N[C@H]1CCCNC1)c1ccccc1. The molecule has 98 valence electrons. The molecule has 1 saturated heterocycles. The first-order chi connectivity index (χ1) is 8.75. The monoisotopic (exact) mass is 246 g/mol. The van der Waals surface area contributed by atoms with Gasteiger partial charge < -0.3 is 10.6 Å². The number of hydrogen-bond donors (Lipinski definition) is 2. The summed E-state index contributed by atoms with van der Waals surface area (Å²) in [4.78, 5) is 12.0. The Morgan fingerprint density at radius 2 is 2.22 bits per heavy atom. The van der Waals surface area contributed by atoms with Crippen molar-refractivity contribution in [2.24, 2.45) is 0 Å². The molecule has 1 aromatic carbocycles. The molecule has 1 unspecified atom stereocenters. The van der Waals surface area contributed by atoms with Gasteiger partial charge >= 0.3 is 0 Å². The van der Waals surface area contributed by atoms with Crippen LogP contribution < -0.4 is 10.6 Å². The Morgan fingerprint density at radius 1 is 1.44 bits per heavy atom. The van der Waals surface area contributed by atoms with Gasteiger partial charge in [0.1, 0.15) is 0 Å². The number of amides is 1. The van der Waals surface area contributed by atoms with Crippen molar-refractivity contribution < 1.29 is 4.79 Å². The van der Waals surface area contributed by atoms with E-state index in [0.29, 0.717) is 12.5 Å². The normalized spacial score (nSPS) is 21.3. The van der Waals surface area contributed by atoms with Crippen LogP contribution in [0.2, 0.25) is 0 Å². The van der Waals surface area contributed by atoms with Gasteiger partial charge in [0, 0.05) is 19.0 Å². The fraction of sp³-hybridized carbons (Fsp3) is 0.533. The number of carbonyl (C=O) groups is 1. The highest BCUT2D eigenvalue weighted by atomic mass is 16.1. The van der Waals surface area contributed by atoms with E-state index in [-0.39, 0.29) is 11.8 Å². The summed E-state index contributed by atoms with van der Waals surface area (Å²) in [6.07, 6.45) is 2.82. The molecule has 2 N–H and O–H groups in total. The summed E-state index contributed by atoms with van der Waals surface area (Å²) in [5.74, 6) is 0.447. The van der Waals surface area contributed by atoms with E-state index in [2.05, 4.69) is 29.7 Å². The topological polar surface area (TPSA) is 41.1 Å². The molecule has 0 radical (unpaired) electrons. The molecule has 2 rings (SSSR count). The second kappa shape index (κ2) is 6.55. The molecule has 3 heteroatoms. The maximum Gasteiger partial charge on any atom is 0.220 e. The number of hydrogen-bond acceptors (Lipinski definition) is 2. The van der Waals surface area contributed by atoms with Crippen LogP contribution in [-0.2, 0) is 4.79 Å². The lowest BCUT2D eigenvalue weighted by atomic mass is 9.97. The second-order valence-corrected chi connectivity index (χ2v) is 5.13. The molecule has 0 aromatic heterocycles. The van der Waals surface area contributed by atoms with Crippen LogP contribution in [0.15, 0.2) is 30.3 Å². The number of rotatable bonds is 4. The van der Waals surface area contributed by atoms with Crippen molar-refractivity contribution in [2.75, 3.05) is 13.1 Å².